The first-order valence-corrected chi connectivity index (χ1v) is 4.24. The number of rotatable bonds is 1. The van der Waals surface area contributed by atoms with Gasteiger partial charge < -0.3 is 4.74 Å². The molecular weight excluding hydrogens is 138 g/mol. The van der Waals surface area contributed by atoms with E-state index in [9.17, 15) is 0 Å². The predicted octanol–water partition coefficient (Wildman–Crippen LogP) is 2.11. The van der Waals surface area contributed by atoms with Crippen molar-refractivity contribution in [1.82, 2.24) is 0 Å². The summed E-state index contributed by atoms with van der Waals surface area (Å²) in [7, 11) is 0. The minimum atomic E-state index is -0.0291. The first-order chi connectivity index (χ1) is 5.20. The topological polar surface area (TPSA) is 33.0 Å². The van der Waals surface area contributed by atoms with Gasteiger partial charge in [-0.3, -0.25) is 0 Å². The molecule has 1 saturated heterocycles. The monoisotopic (exact) mass is 153 g/mol. The molecule has 2 unspecified atom stereocenters. The van der Waals surface area contributed by atoms with E-state index in [-0.39, 0.29) is 11.5 Å². The lowest BCUT2D eigenvalue weighted by atomic mass is 9.86. The van der Waals surface area contributed by atoms with Gasteiger partial charge >= 0.3 is 0 Å². The molecule has 1 aliphatic rings. The van der Waals surface area contributed by atoms with Gasteiger partial charge in [0.25, 0.3) is 0 Å². The van der Waals surface area contributed by atoms with E-state index >= 15 is 0 Å². The molecule has 1 fully saturated rings. The van der Waals surface area contributed by atoms with Crippen LogP contribution in [0, 0.1) is 17.2 Å². The molecule has 62 valence electrons. The predicted molar refractivity (Wildman–Crippen MR) is 43.0 cm³/mol. The van der Waals surface area contributed by atoms with E-state index in [2.05, 4.69) is 19.9 Å². The maximum atomic E-state index is 8.71. The number of ether oxygens (including phenoxy) is 1. The van der Waals surface area contributed by atoms with Crippen molar-refractivity contribution in [3.05, 3.63) is 0 Å². The van der Waals surface area contributed by atoms with E-state index in [1.165, 1.54) is 0 Å². The molecule has 2 heteroatoms. The fourth-order valence-corrected chi connectivity index (χ4v) is 1.49. The summed E-state index contributed by atoms with van der Waals surface area (Å²) in [6.45, 7) is 4.96. The summed E-state index contributed by atoms with van der Waals surface area (Å²) in [4.78, 5) is 0. The largest absolute Gasteiger partial charge is 0.375 e. The van der Waals surface area contributed by atoms with Gasteiger partial charge in [0, 0.05) is 6.61 Å². The van der Waals surface area contributed by atoms with Crippen molar-refractivity contribution in [3.63, 3.8) is 0 Å². The fourth-order valence-electron chi connectivity index (χ4n) is 1.49. The van der Waals surface area contributed by atoms with Crippen LogP contribution in [0.5, 0.6) is 0 Å². The lowest BCUT2D eigenvalue weighted by Crippen LogP contribution is -2.35. The molecule has 0 radical (unpaired) electrons. The zero-order chi connectivity index (χ0) is 8.32. The Labute approximate surface area is 68.2 Å². The first kappa shape index (κ1) is 8.55. The second-order valence-corrected chi connectivity index (χ2v) is 3.47. The highest BCUT2D eigenvalue weighted by atomic mass is 16.5. The number of hydrogen-bond donors (Lipinski definition) is 0. The molecule has 0 aromatic carbocycles. The molecule has 0 spiro atoms. The van der Waals surface area contributed by atoms with Crippen LogP contribution in [0.1, 0.15) is 33.1 Å². The highest BCUT2D eigenvalue weighted by Gasteiger charge is 2.31. The molecule has 2 atom stereocenters. The minimum Gasteiger partial charge on any atom is -0.375 e. The number of nitrogens with zero attached hydrogens (tertiary/aromatic N) is 1. The van der Waals surface area contributed by atoms with E-state index in [0.717, 1.165) is 25.9 Å². The first-order valence-electron chi connectivity index (χ1n) is 4.24. The Hall–Kier alpha value is -0.550. The van der Waals surface area contributed by atoms with E-state index in [1.807, 2.05) is 0 Å². The lowest BCUT2D eigenvalue weighted by Gasteiger charge is -2.35. The Balaban J connectivity index is 2.53. The Morgan fingerprint density at radius 2 is 2.45 bits per heavy atom. The Morgan fingerprint density at radius 1 is 1.73 bits per heavy atom. The van der Waals surface area contributed by atoms with Crippen LogP contribution in [-0.2, 0) is 4.74 Å². The molecule has 1 heterocycles. The van der Waals surface area contributed by atoms with Crippen molar-refractivity contribution >= 4 is 0 Å². The van der Waals surface area contributed by atoms with Crippen molar-refractivity contribution in [2.75, 3.05) is 6.61 Å². The summed E-state index contributed by atoms with van der Waals surface area (Å²) >= 11 is 0. The zero-order valence-corrected chi connectivity index (χ0v) is 7.26. The third-order valence-corrected chi connectivity index (χ3v) is 2.53. The van der Waals surface area contributed by atoms with Gasteiger partial charge in [-0.15, -0.1) is 0 Å². The maximum Gasteiger partial charge on any atom is 0.0664 e. The van der Waals surface area contributed by atoms with E-state index in [1.54, 1.807) is 0 Å². The molecular formula is C9H15NO. The van der Waals surface area contributed by atoms with Crippen LogP contribution in [-0.4, -0.2) is 12.2 Å². The number of nitriles is 1. The summed E-state index contributed by atoms with van der Waals surface area (Å²) in [6.07, 6.45) is 2.82. The highest BCUT2D eigenvalue weighted by Crippen LogP contribution is 2.30. The zero-order valence-electron chi connectivity index (χ0n) is 7.26. The summed E-state index contributed by atoms with van der Waals surface area (Å²) in [5.41, 5.74) is -0.0291. The van der Waals surface area contributed by atoms with Crippen molar-refractivity contribution in [1.29, 1.82) is 5.26 Å². The quantitative estimate of drug-likeness (QED) is 0.578. The molecule has 0 saturated carbocycles. The summed E-state index contributed by atoms with van der Waals surface area (Å²) in [5, 5.41) is 8.71. The summed E-state index contributed by atoms with van der Waals surface area (Å²) < 4.78 is 5.60. The number of hydrogen-bond acceptors (Lipinski definition) is 2. The van der Waals surface area contributed by atoms with Crippen LogP contribution < -0.4 is 0 Å². The molecule has 0 bridgehead atoms. The van der Waals surface area contributed by atoms with Crippen molar-refractivity contribution in [3.8, 4) is 6.07 Å². The standard InChI is InChI=1S/C9H15NO/c1-3-9(2)6-8(7-10)4-5-11-9/h8H,3-6H2,1-2H3. The lowest BCUT2D eigenvalue weighted by molar-refractivity contribution is -0.0785. The Morgan fingerprint density at radius 3 is 3.00 bits per heavy atom. The van der Waals surface area contributed by atoms with Gasteiger partial charge in [0.1, 0.15) is 0 Å². The second-order valence-electron chi connectivity index (χ2n) is 3.47. The third-order valence-electron chi connectivity index (χ3n) is 2.53. The average molecular weight is 153 g/mol. The van der Waals surface area contributed by atoms with Crippen LogP contribution in [0.3, 0.4) is 0 Å². The van der Waals surface area contributed by atoms with Crippen LogP contribution in [0.2, 0.25) is 0 Å². The maximum absolute atomic E-state index is 8.71. The molecule has 0 aromatic rings. The fraction of sp³-hybridized carbons (Fsp3) is 0.889. The average Bonchev–Trinajstić information content (AvgIpc) is 2.05. The van der Waals surface area contributed by atoms with Gasteiger partial charge in [-0.25, -0.2) is 0 Å². The van der Waals surface area contributed by atoms with Crippen molar-refractivity contribution in [2.45, 2.75) is 38.7 Å². The Bertz CT molecular complexity index is 173. The van der Waals surface area contributed by atoms with E-state index in [4.69, 9.17) is 10.00 Å². The van der Waals surface area contributed by atoms with Crippen LogP contribution in [0.15, 0.2) is 0 Å². The van der Waals surface area contributed by atoms with Crippen LogP contribution in [0.4, 0.5) is 0 Å². The SMILES string of the molecule is CCC1(C)CC(C#N)CCO1. The van der Waals surface area contributed by atoms with Crippen LogP contribution >= 0.6 is 0 Å². The molecule has 11 heavy (non-hydrogen) atoms. The van der Waals surface area contributed by atoms with Crippen LogP contribution in [0.25, 0.3) is 0 Å². The molecule has 0 N–H and O–H groups in total. The highest BCUT2D eigenvalue weighted by molar-refractivity contribution is 4.92. The third kappa shape index (κ3) is 1.94. The van der Waals surface area contributed by atoms with Gasteiger partial charge in [-0.2, -0.15) is 5.26 Å². The summed E-state index contributed by atoms with van der Waals surface area (Å²) in [5.74, 6) is 0.216. The molecule has 0 aromatic heterocycles. The van der Waals surface area contributed by atoms with Crippen molar-refractivity contribution < 1.29 is 4.74 Å². The van der Waals surface area contributed by atoms with E-state index in [0.29, 0.717) is 0 Å². The molecule has 2 nitrogen and oxygen atoms in total. The normalized spacial score (nSPS) is 38.1. The molecule has 1 aliphatic heterocycles. The molecule has 0 amide bonds. The second kappa shape index (κ2) is 3.23. The van der Waals surface area contributed by atoms with Gasteiger partial charge in [0.2, 0.25) is 0 Å². The molecule has 0 aliphatic carbocycles. The molecule has 1 rings (SSSR count). The van der Waals surface area contributed by atoms with Gasteiger partial charge in [-0.05, 0) is 26.2 Å². The van der Waals surface area contributed by atoms with E-state index < -0.39 is 0 Å². The van der Waals surface area contributed by atoms with Gasteiger partial charge in [0.05, 0.1) is 17.6 Å². The van der Waals surface area contributed by atoms with Gasteiger partial charge in [0.15, 0.2) is 0 Å². The smallest absolute Gasteiger partial charge is 0.0664 e. The Kier molecular flexibility index (Phi) is 2.51. The van der Waals surface area contributed by atoms with Gasteiger partial charge in [-0.1, -0.05) is 6.92 Å². The summed E-state index contributed by atoms with van der Waals surface area (Å²) in [6, 6.07) is 2.31. The van der Waals surface area contributed by atoms with Crippen molar-refractivity contribution in [2.24, 2.45) is 5.92 Å². The minimum absolute atomic E-state index is 0.0291.